The zero-order chi connectivity index (χ0) is 8.27. The van der Waals surface area contributed by atoms with Crippen molar-refractivity contribution in [3.8, 4) is 0 Å². The predicted molar refractivity (Wildman–Crippen MR) is 39.0 cm³/mol. The summed E-state index contributed by atoms with van der Waals surface area (Å²) < 4.78 is 0. The molecule has 0 aromatic carbocycles. The molecule has 0 atom stereocenters. The minimum Gasteiger partial charge on any atom is -0.410 e. The van der Waals surface area contributed by atoms with E-state index in [-0.39, 0.29) is 10.9 Å². The Labute approximate surface area is 66.3 Å². The van der Waals surface area contributed by atoms with E-state index in [9.17, 15) is 4.79 Å². The van der Waals surface area contributed by atoms with Gasteiger partial charge in [-0.1, -0.05) is 16.8 Å². The van der Waals surface area contributed by atoms with Gasteiger partial charge in [-0.15, -0.1) is 0 Å². The molecule has 11 heavy (non-hydrogen) atoms. The number of rotatable bonds is 1. The van der Waals surface area contributed by atoms with E-state index in [0.29, 0.717) is 0 Å². The molecule has 0 aliphatic carbocycles. The molecule has 1 aromatic rings. The average molecular weight is 174 g/mol. The molecule has 2 N–H and O–H groups in total. The third kappa shape index (κ3) is 1.56. The van der Waals surface area contributed by atoms with Gasteiger partial charge in [0.15, 0.2) is 10.9 Å². The summed E-state index contributed by atoms with van der Waals surface area (Å²) in [5.41, 5.74) is -0.591. The summed E-state index contributed by atoms with van der Waals surface area (Å²) in [5, 5.41) is 10.5. The van der Waals surface area contributed by atoms with E-state index >= 15 is 0 Å². The van der Waals surface area contributed by atoms with Crippen LogP contribution < -0.4 is 5.56 Å². The Hall–Kier alpha value is -1.36. The maximum Gasteiger partial charge on any atom is 0.277 e. The summed E-state index contributed by atoms with van der Waals surface area (Å²) in [7, 11) is 0. The van der Waals surface area contributed by atoms with Gasteiger partial charge >= 0.3 is 0 Å². The van der Waals surface area contributed by atoms with E-state index in [4.69, 9.17) is 16.8 Å². The minimum absolute atomic E-state index is 0.100. The first-order chi connectivity index (χ1) is 5.25. The molecule has 5 nitrogen and oxygen atoms in total. The molecule has 0 saturated carbocycles. The van der Waals surface area contributed by atoms with Crippen LogP contribution in [0.3, 0.4) is 0 Å². The first kappa shape index (κ1) is 7.74. The summed E-state index contributed by atoms with van der Waals surface area (Å²) in [6.45, 7) is 0. The fourth-order valence-electron chi connectivity index (χ4n) is 0.546. The summed E-state index contributed by atoms with van der Waals surface area (Å²) in [6.07, 6.45) is 2.69. The first-order valence-electron chi connectivity index (χ1n) is 2.67. The molecular weight excluding hydrogens is 170 g/mol. The van der Waals surface area contributed by atoms with Crippen LogP contribution in [-0.4, -0.2) is 20.3 Å². The molecule has 0 bridgehead atoms. The Kier molecular flexibility index (Phi) is 2.22. The van der Waals surface area contributed by atoms with Crippen LogP contribution in [0.15, 0.2) is 22.3 Å². The van der Waals surface area contributed by atoms with E-state index in [1.54, 1.807) is 0 Å². The lowest BCUT2D eigenvalue weighted by molar-refractivity contribution is 0.320. The lowest BCUT2D eigenvalue weighted by Crippen LogP contribution is -2.16. The van der Waals surface area contributed by atoms with Crippen LogP contribution in [0.2, 0.25) is 0 Å². The summed E-state index contributed by atoms with van der Waals surface area (Å²) in [6, 6.07) is 0. The van der Waals surface area contributed by atoms with Gasteiger partial charge in [0.1, 0.15) is 0 Å². The number of H-pyrrole nitrogens is 1. The Bertz CT molecular complexity index is 332. The standard InChI is InChI=1S/C5H4ClN3O2/c6-4(9-11)3-5(10)8-2-1-7-3/h1-2,11H,(H,8,10). The molecule has 0 aliphatic heterocycles. The fraction of sp³-hybridized carbons (Fsp3) is 0. The van der Waals surface area contributed by atoms with Gasteiger partial charge in [0, 0.05) is 12.4 Å². The number of hydrogen-bond acceptors (Lipinski definition) is 4. The second-order valence-corrected chi connectivity index (χ2v) is 2.02. The van der Waals surface area contributed by atoms with E-state index in [0.717, 1.165) is 0 Å². The van der Waals surface area contributed by atoms with Crippen molar-refractivity contribution in [2.75, 3.05) is 0 Å². The molecule has 0 aliphatic rings. The summed E-state index contributed by atoms with van der Waals surface area (Å²) in [4.78, 5) is 16.7. The number of aromatic amines is 1. The van der Waals surface area contributed by atoms with Gasteiger partial charge in [0.05, 0.1) is 0 Å². The maximum absolute atomic E-state index is 10.8. The second-order valence-electron chi connectivity index (χ2n) is 1.66. The number of nitrogens with zero attached hydrogens (tertiary/aromatic N) is 2. The number of hydrogen-bond donors (Lipinski definition) is 2. The molecule has 1 rings (SSSR count). The highest BCUT2D eigenvalue weighted by Gasteiger charge is 2.05. The fourth-order valence-corrected chi connectivity index (χ4v) is 0.681. The highest BCUT2D eigenvalue weighted by molar-refractivity contribution is 6.69. The lowest BCUT2D eigenvalue weighted by Gasteiger charge is -1.90. The van der Waals surface area contributed by atoms with Crippen LogP contribution in [-0.2, 0) is 0 Å². The second kappa shape index (κ2) is 3.16. The van der Waals surface area contributed by atoms with Gasteiger partial charge in [0.2, 0.25) is 0 Å². The Morgan fingerprint density at radius 3 is 3.09 bits per heavy atom. The summed E-state index contributed by atoms with van der Waals surface area (Å²) in [5.74, 6) is 0. The molecular formula is C5H4ClN3O2. The van der Waals surface area contributed by atoms with Gasteiger partial charge < -0.3 is 10.2 Å². The average Bonchev–Trinajstić information content (AvgIpc) is 2.04. The van der Waals surface area contributed by atoms with Gasteiger partial charge in [0.25, 0.3) is 5.56 Å². The monoisotopic (exact) mass is 173 g/mol. The summed E-state index contributed by atoms with van der Waals surface area (Å²) >= 11 is 5.31. The van der Waals surface area contributed by atoms with Crippen molar-refractivity contribution in [2.24, 2.45) is 5.16 Å². The normalized spacial score (nSPS) is 11.5. The molecule has 0 saturated heterocycles. The molecule has 1 aromatic heterocycles. The number of aromatic nitrogens is 2. The van der Waals surface area contributed by atoms with Crippen molar-refractivity contribution in [3.63, 3.8) is 0 Å². The molecule has 0 radical (unpaired) electrons. The largest absolute Gasteiger partial charge is 0.410 e. The zero-order valence-corrected chi connectivity index (χ0v) is 6.04. The molecule has 0 spiro atoms. The molecule has 0 fully saturated rings. The van der Waals surface area contributed by atoms with Gasteiger partial charge in [-0.2, -0.15) is 0 Å². The van der Waals surface area contributed by atoms with Crippen LogP contribution in [0.1, 0.15) is 5.69 Å². The highest BCUT2D eigenvalue weighted by Crippen LogP contribution is 1.92. The minimum atomic E-state index is -0.490. The number of oxime groups is 1. The molecule has 0 amide bonds. The van der Waals surface area contributed by atoms with E-state index < -0.39 is 5.56 Å². The zero-order valence-electron chi connectivity index (χ0n) is 5.28. The van der Waals surface area contributed by atoms with Gasteiger partial charge in [-0.05, 0) is 0 Å². The smallest absolute Gasteiger partial charge is 0.277 e. The maximum atomic E-state index is 10.8. The van der Waals surface area contributed by atoms with Crippen LogP contribution in [0, 0.1) is 0 Å². The van der Waals surface area contributed by atoms with E-state index in [2.05, 4.69) is 15.1 Å². The van der Waals surface area contributed by atoms with Crippen molar-refractivity contribution in [3.05, 3.63) is 28.4 Å². The SMILES string of the molecule is O=c1[nH]ccnc1C(Cl)=NO. The van der Waals surface area contributed by atoms with Crippen molar-refractivity contribution in [2.45, 2.75) is 0 Å². The van der Waals surface area contributed by atoms with Crippen molar-refractivity contribution < 1.29 is 5.21 Å². The van der Waals surface area contributed by atoms with Crippen LogP contribution in [0.25, 0.3) is 0 Å². The topological polar surface area (TPSA) is 78.3 Å². The predicted octanol–water partition coefficient (Wildman–Crippen LogP) is 0.144. The molecule has 6 heteroatoms. The highest BCUT2D eigenvalue weighted by atomic mass is 35.5. The third-order valence-electron chi connectivity index (χ3n) is 0.991. The Morgan fingerprint density at radius 1 is 1.82 bits per heavy atom. The van der Waals surface area contributed by atoms with Crippen LogP contribution >= 0.6 is 11.6 Å². The van der Waals surface area contributed by atoms with Crippen LogP contribution in [0.4, 0.5) is 0 Å². The van der Waals surface area contributed by atoms with Gasteiger partial charge in [-0.3, -0.25) is 4.79 Å². The van der Waals surface area contributed by atoms with Crippen molar-refractivity contribution >= 4 is 16.8 Å². The first-order valence-corrected chi connectivity index (χ1v) is 3.05. The third-order valence-corrected chi connectivity index (χ3v) is 1.25. The van der Waals surface area contributed by atoms with Crippen LogP contribution in [0.5, 0.6) is 0 Å². The number of halogens is 1. The van der Waals surface area contributed by atoms with Crippen molar-refractivity contribution in [1.82, 2.24) is 9.97 Å². The quantitative estimate of drug-likeness (QED) is 0.360. The lowest BCUT2D eigenvalue weighted by atomic mass is 10.5. The Balaban J connectivity index is 3.25. The van der Waals surface area contributed by atoms with Gasteiger partial charge in [-0.25, -0.2) is 4.98 Å². The molecule has 1 heterocycles. The molecule has 58 valence electrons. The number of nitrogens with one attached hydrogen (secondary N) is 1. The Morgan fingerprint density at radius 2 is 2.55 bits per heavy atom. The van der Waals surface area contributed by atoms with E-state index in [1.807, 2.05) is 0 Å². The van der Waals surface area contributed by atoms with Crippen molar-refractivity contribution in [1.29, 1.82) is 0 Å². The van der Waals surface area contributed by atoms with E-state index in [1.165, 1.54) is 12.4 Å². The molecule has 0 unspecified atom stereocenters.